The molecule has 6 heteroatoms. The molecule has 1 rings (SSSR count). The molecule has 3 nitrogen and oxygen atoms in total. The highest BCUT2D eigenvalue weighted by Gasteiger charge is 2.25. The minimum absolute atomic E-state index is 0.0377. The molecule has 0 saturated heterocycles. The number of hydrogen-bond acceptors (Lipinski definition) is 2. The van der Waals surface area contributed by atoms with Crippen LogP contribution in [-0.2, 0) is 10.8 Å². The first-order valence-electron chi connectivity index (χ1n) is 5.86. The number of carboxylic acid groups (broad SMARTS) is 1. The molecular weight excluding hydrogens is 274 g/mol. The summed E-state index contributed by atoms with van der Waals surface area (Å²) in [6.45, 7) is 4.92. The van der Waals surface area contributed by atoms with E-state index in [1.54, 1.807) is 13.8 Å². The highest BCUT2D eigenvalue weighted by Crippen LogP contribution is 2.31. The molecule has 0 fully saturated rings. The third kappa shape index (κ3) is 3.18. The smallest absolute Gasteiger partial charge is 0.335 e. The number of benzene rings is 1. The summed E-state index contributed by atoms with van der Waals surface area (Å²) in [5.41, 5.74) is -0.277. The van der Waals surface area contributed by atoms with Gasteiger partial charge in [0.25, 0.3) is 6.43 Å². The number of carbonyl (C=O) groups is 1. The lowest BCUT2D eigenvalue weighted by atomic mass is 10.1. The second kappa shape index (κ2) is 6.23. The molecule has 0 aliphatic carbocycles. The van der Waals surface area contributed by atoms with Gasteiger partial charge in [-0.1, -0.05) is 19.9 Å². The van der Waals surface area contributed by atoms with Crippen molar-refractivity contribution in [3.63, 3.8) is 0 Å². The highest BCUT2D eigenvalue weighted by molar-refractivity contribution is 7.85. The molecule has 0 radical (unpaired) electrons. The first-order chi connectivity index (χ1) is 8.81. The molecule has 0 amide bonds. The van der Waals surface area contributed by atoms with Gasteiger partial charge in [0.15, 0.2) is 0 Å². The van der Waals surface area contributed by atoms with Crippen LogP contribution in [0.5, 0.6) is 0 Å². The molecule has 0 aromatic heterocycles. The van der Waals surface area contributed by atoms with Gasteiger partial charge < -0.3 is 5.11 Å². The van der Waals surface area contributed by atoms with Gasteiger partial charge in [-0.25, -0.2) is 13.6 Å². The number of carboxylic acids is 1. The van der Waals surface area contributed by atoms with Crippen LogP contribution in [0.1, 0.15) is 48.2 Å². The third-order valence-corrected chi connectivity index (χ3v) is 5.05. The Balaban J connectivity index is 3.51. The second-order valence-corrected chi connectivity index (χ2v) is 6.09. The Labute approximate surface area is 113 Å². The molecule has 1 N–H and O–H groups in total. The van der Waals surface area contributed by atoms with Gasteiger partial charge in [0, 0.05) is 10.8 Å². The largest absolute Gasteiger partial charge is 0.478 e. The van der Waals surface area contributed by atoms with Crippen molar-refractivity contribution < 1.29 is 22.9 Å². The summed E-state index contributed by atoms with van der Waals surface area (Å²) >= 11 is 0. The van der Waals surface area contributed by atoms with E-state index < -0.39 is 23.2 Å². The van der Waals surface area contributed by atoms with Crippen LogP contribution in [0.15, 0.2) is 17.0 Å². The fourth-order valence-electron chi connectivity index (χ4n) is 1.74. The third-order valence-electron chi connectivity index (χ3n) is 3.04. The van der Waals surface area contributed by atoms with Crippen molar-refractivity contribution >= 4 is 16.8 Å². The molecule has 0 spiro atoms. The van der Waals surface area contributed by atoms with E-state index in [2.05, 4.69) is 0 Å². The molecule has 1 aromatic rings. The summed E-state index contributed by atoms with van der Waals surface area (Å²) in [4.78, 5) is 11.0. The predicted molar refractivity (Wildman–Crippen MR) is 69.3 cm³/mol. The van der Waals surface area contributed by atoms with Crippen LogP contribution in [-0.4, -0.2) is 20.5 Å². The van der Waals surface area contributed by atoms with Crippen LogP contribution in [0.4, 0.5) is 8.78 Å². The van der Waals surface area contributed by atoms with E-state index in [1.165, 1.54) is 6.92 Å². The average molecular weight is 290 g/mol. The van der Waals surface area contributed by atoms with E-state index >= 15 is 0 Å². The van der Waals surface area contributed by atoms with E-state index in [4.69, 9.17) is 5.11 Å². The molecule has 0 aliphatic heterocycles. The standard InChI is InChI=1S/C13H16F2O3S/c1-4-7(2)19(18)11-8(3)9(13(16)17)5-6-10(11)12(14)15/h5-7,12H,4H2,1-3H3,(H,16,17)/t7-,19+/m1/s1. The number of halogens is 2. The lowest BCUT2D eigenvalue weighted by molar-refractivity contribution is 0.0695. The molecule has 0 heterocycles. The molecule has 0 unspecified atom stereocenters. The van der Waals surface area contributed by atoms with Gasteiger partial charge in [-0.3, -0.25) is 4.21 Å². The lowest BCUT2D eigenvalue weighted by Gasteiger charge is -2.17. The Morgan fingerprint density at radius 3 is 2.42 bits per heavy atom. The van der Waals surface area contributed by atoms with Crippen molar-refractivity contribution in [2.24, 2.45) is 0 Å². The molecule has 0 saturated carbocycles. The summed E-state index contributed by atoms with van der Waals surface area (Å²) < 4.78 is 38.3. The number of alkyl halides is 2. The lowest BCUT2D eigenvalue weighted by Crippen LogP contribution is -2.15. The Morgan fingerprint density at radius 2 is 2.00 bits per heavy atom. The maximum atomic E-state index is 13.0. The summed E-state index contributed by atoms with van der Waals surface area (Å²) in [5.74, 6) is -1.21. The zero-order valence-electron chi connectivity index (χ0n) is 10.9. The van der Waals surface area contributed by atoms with E-state index in [0.29, 0.717) is 6.42 Å². The Bertz CT molecular complexity index is 515. The Morgan fingerprint density at radius 1 is 1.42 bits per heavy atom. The topological polar surface area (TPSA) is 54.4 Å². The van der Waals surface area contributed by atoms with Crippen molar-refractivity contribution in [2.75, 3.05) is 0 Å². The predicted octanol–water partition coefficient (Wildman–Crippen LogP) is 3.54. The van der Waals surface area contributed by atoms with Crippen LogP contribution in [0.3, 0.4) is 0 Å². The van der Waals surface area contributed by atoms with Gasteiger partial charge in [-0.15, -0.1) is 0 Å². The van der Waals surface area contributed by atoms with Crippen molar-refractivity contribution in [2.45, 2.75) is 43.8 Å². The van der Waals surface area contributed by atoms with Crippen molar-refractivity contribution in [1.29, 1.82) is 0 Å². The van der Waals surface area contributed by atoms with Gasteiger partial charge in [-0.2, -0.15) is 0 Å². The number of aromatic carboxylic acids is 1. The number of hydrogen-bond donors (Lipinski definition) is 1. The Hall–Kier alpha value is -1.30. The van der Waals surface area contributed by atoms with Crippen LogP contribution in [0.2, 0.25) is 0 Å². The Kier molecular flexibility index (Phi) is 5.17. The van der Waals surface area contributed by atoms with Crippen LogP contribution >= 0.6 is 0 Å². The van der Waals surface area contributed by atoms with E-state index in [-0.39, 0.29) is 26.8 Å². The molecule has 106 valence electrons. The fourth-order valence-corrected chi connectivity index (χ4v) is 3.24. The van der Waals surface area contributed by atoms with Crippen molar-refractivity contribution in [3.05, 3.63) is 28.8 Å². The van der Waals surface area contributed by atoms with Crippen LogP contribution in [0.25, 0.3) is 0 Å². The number of rotatable bonds is 5. The first kappa shape index (κ1) is 15.8. The van der Waals surface area contributed by atoms with Crippen LogP contribution in [0, 0.1) is 6.92 Å². The highest BCUT2D eigenvalue weighted by atomic mass is 32.2. The SMILES string of the molecule is CC[C@@H](C)[S@](=O)c1c(C(F)F)ccc(C(=O)O)c1C. The summed E-state index contributed by atoms with van der Waals surface area (Å²) in [7, 11) is -1.64. The zero-order valence-corrected chi connectivity index (χ0v) is 11.8. The summed E-state index contributed by atoms with van der Waals surface area (Å²) in [6, 6.07) is 2.19. The van der Waals surface area contributed by atoms with Gasteiger partial charge in [0.2, 0.25) is 0 Å². The maximum Gasteiger partial charge on any atom is 0.335 e. The maximum absolute atomic E-state index is 13.0. The van der Waals surface area contributed by atoms with Gasteiger partial charge >= 0.3 is 5.97 Å². The first-order valence-corrected chi connectivity index (χ1v) is 7.08. The monoisotopic (exact) mass is 290 g/mol. The second-order valence-electron chi connectivity index (χ2n) is 4.28. The minimum Gasteiger partial charge on any atom is -0.478 e. The summed E-state index contributed by atoms with van der Waals surface area (Å²) in [5, 5.41) is 8.71. The van der Waals surface area contributed by atoms with Crippen molar-refractivity contribution in [3.8, 4) is 0 Å². The zero-order chi connectivity index (χ0) is 14.7. The van der Waals surface area contributed by atoms with E-state index in [1.807, 2.05) is 0 Å². The quantitative estimate of drug-likeness (QED) is 0.902. The minimum atomic E-state index is -2.77. The molecule has 0 bridgehead atoms. The molecule has 2 atom stereocenters. The van der Waals surface area contributed by atoms with E-state index in [0.717, 1.165) is 12.1 Å². The summed E-state index contributed by atoms with van der Waals surface area (Å²) in [6.07, 6.45) is -2.21. The molecule has 19 heavy (non-hydrogen) atoms. The van der Waals surface area contributed by atoms with Gasteiger partial charge in [0.1, 0.15) is 0 Å². The van der Waals surface area contributed by atoms with Gasteiger partial charge in [0.05, 0.1) is 21.3 Å². The van der Waals surface area contributed by atoms with Crippen molar-refractivity contribution in [1.82, 2.24) is 0 Å². The van der Waals surface area contributed by atoms with E-state index in [9.17, 15) is 17.8 Å². The average Bonchev–Trinajstić information content (AvgIpc) is 2.35. The van der Waals surface area contributed by atoms with Crippen LogP contribution < -0.4 is 0 Å². The molecule has 0 aliphatic rings. The normalized spacial score (nSPS) is 14.4. The fraction of sp³-hybridized carbons (Fsp3) is 0.462. The molecule has 1 aromatic carbocycles. The van der Waals surface area contributed by atoms with Gasteiger partial charge in [-0.05, 0) is 25.0 Å². The molecular formula is C13H16F2O3S.